The molecule has 1 aromatic rings. The molecule has 0 aliphatic heterocycles. The zero-order valence-corrected chi connectivity index (χ0v) is 14.3. The Kier molecular flexibility index (Phi) is 9.69. The predicted molar refractivity (Wildman–Crippen MR) is 85.2 cm³/mol. The number of ether oxygens (including phenoxy) is 4. The molecule has 21 heavy (non-hydrogen) atoms. The smallest absolute Gasteiger partial charge is 0.339 e. The number of carbonyl (C=O) groups excluding carboxylic acids is 1. The monoisotopic (exact) mass is 378 g/mol. The summed E-state index contributed by atoms with van der Waals surface area (Å²) < 4.78 is 21.3. The van der Waals surface area contributed by atoms with Gasteiger partial charge in [0.15, 0.2) is 0 Å². The Morgan fingerprint density at radius 1 is 1.10 bits per heavy atom. The van der Waals surface area contributed by atoms with Gasteiger partial charge in [0.1, 0.15) is 6.61 Å². The van der Waals surface area contributed by atoms with Gasteiger partial charge in [-0.05, 0) is 18.2 Å². The summed E-state index contributed by atoms with van der Waals surface area (Å²) in [6.07, 6.45) is 0. The SMILES string of the molecule is COCCOCCOCCOC(=O)c1ccc(Br)cc1S. The summed E-state index contributed by atoms with van der Waals surface area (Å²) in [5, 5.41) is 0. The third kappa shape index (κ3) is 7.82. The number of methoxy groups -OCH3 is 1. The first-order chi connectivity index (χ1) is 10.1. The quantitative estimate of drug-likeness (QED) is 0.385. The molecule has 0 aliphatic rings. The van der Waals surface area contributed by atoms with Crippen LogP contribution in [0.1, 0.15) is 10.4 Å². The molecule has 0 spiro atoms. The van der Waals surface area contributed by atoms with Crippen molar-refractivity contribution in [2.24, 2.45) is 0 Å². The molecule has 0 heterocycles. The van der Waals surface area contributed by atoms with Crippen LogP contribution < -0.4 is 0 Å². The first-order valence-electron chi connectivity index (χ1n) is 6.45. The van der Waals surface area contributed by atoms with E-state index in [9.17, 15) is 4.79 Å². The molecule has 7 heteroatoms. The first-order valence-corrected chi connectivity index (χ1v) is 7.69. The first kappa shape index (κ1) is 18.4. The van der Waals surface area contributed by atoms with Crippen molar-refractivity contribution in [2.75, 3.05) is 46.8 Å². The average Bonchev–Trinajstić information content (AvgIpc) is 2.45. The maximum Gasteiger partial charge on any atom is 0.339 e. The molecule has 0 amide bonds. The fourth-order valence-electron chi connectivity index (χ4n) is 1.41. The molecule has 1 rings (SSSR count). The van der Waals surface area contributed by atoms with Gasteiger partial charge in [0.05, 0.1) is 38.6 Å². The maximum atomic E-state index is 11.8. The minimum atomic E-state index is -0.410. The fourth-order valence-corrected chi connectivity index (χ4v) is 2.26. The molecule has 0 atom stereocenters. The average molecular weight is 379 g/mol. The summed E-state index contributed by atoms with van der Waals surface area (Å²) in [7, 11) is 1.62. The number of thiol groups is 1. The van der Waals surface area contributed by atoms with Crippen molar-refractivity contribution in [1.29, 1.82) is 0 Å². The summed E-state index contributed by atoms with van der Waals surface area (Å²) in [6, 6.07) is 5.18. The van der Waals surface area contributed by atoms with Crippen molar-refractivity contribution in [3.05, 3.63) is 28.2 Å². The van der Waals surface area contributed by atoms with Gasteiger partial charge in [-0.15, -0.1) is 12.6 Å². The van der Waals surface area contributed by atoms with Gasteiger partial charge < -0.3 is 18.9 Å². The Bertz CT molecular complexity index is 441. The van der Waals surface area contributed by atoms with Gasteiger partial charge in [0.2, 0.25) is 0 Å². The molecule has 0 aromatic heterocycles. The van der Waals surface area contributed by atoms with Gasteiger partial charge in [-0.1, -0.05) is 15.9 Å². The maximum absolute atomic E-state index is 11.8. The minimum Gasteiger partial charge on any atom is -0.460 e. The third-order valence-corrected chi connectivity index (χ3v) is 3.31. The highest BCUT2D eigenvalue weighted by atomic mass is 79.9. The molecule has 0 bridgehead atoms. The Hall–Kier alpha value is -0.600. The molecule has 118 valence electrons. The van der Waals surface area contributed by atoms with E-state index in [4.69, 9.17) is 18.9 Å². The molecule has 0 radical (unpaired) electrons. The van der Waals surface area contributed by atoms with Crippen LogP contribution >= 0.6 is 28.6 Å². The van der Waals surface area contributed by atoms with E-state index in [1.807, 2.05) is 0 Å². The number of carbonyl (C=O) groups is 1. The van der Waals surface area contributed by atoms with E-state index in [1.54, 1.807) is 25.3 Å². The standard InChI is InChI=1S/C14H19BrO5S/c1-17-4-5-18-6-7-19-8-9-20-14(16)12-3-2-11(15)10-13(12)21/h2-3,10,21H,4-9H2,1H3. The second kappa shape index (κ2) is 11.0. The van der Waals surface area contributed by atoms with Crippen molar-refractivity contribution < 1.29 is 23.7 Å². The molecular formula is C14H19BrO5S. The third-order valence-electron chi connectivity index (χ3n) is 2.44. The van der Waals surface area contributed by atoms with Gasteiger partial charge in [-0.2, -0.15) is 0 Å². The normalized spacial score (nSPS) is 10.6. The lowest BCUT2D eigenvalue weighted by molar-refractivity contribution is 0.00558. The lowest BCUT2D eigenvalue weighted by Gasteiger charge is -2.08. The van der Waals surface area contributed by atoms with E-state index < -0.39 is 5.97 Å². The zero-order chi connectivity index (χ0) is 15.5. The van der Waals surface area contributed by atoms with Crippen molar-refractivity contribution >= 4 is 34.5 Å². The molecule has 0 saturated carbocycles. The van der Waals surface area contributed by atoms with Crippen LogP contribution in [0.5, 0.6) is 0 Å². The summed E-state index contributed by atoms with van der Waals surface area (Å²) in [5.74, 6) is -0.410. The highest BCUT2D eigenvalue weighted by Gasteiger charge is 2.10. The molecule has 0 fully saturated rings. The van der Waals surface area contributed by atoms with Crippen molar-refractivity contribution in [2.45, 2.75) is 4.90 Å². The van der Waals surface area contributed by atoms with Crippen molar-refractivity contribution in [3.63, 3.8) is 0 Å². The number of hydrogen-bond acceptors (Lipinski definition) is 6. The van der Waals surface area contributed by atoms with E-state index in [2.05, 4.69) is 28.6 Å². The number of esters is 1. The Balaban J connectivity index is 2.11. The van der Waals surface area contributed by atoms with Crippen LogP contribution in [0.15, 0.2) is 27.6 Å². The minimum absolute atomic E-state index is 0.195. The molecule has 0 aliphatic carbocycles. The fraction of sp³-hybridized carbons (Fsp3) is 0.500. The molecule has 0 saturated heterocycles. The van der Waals surface area contributed by atoms with Crippen LogP contribution in [0.2, 0.25) is 0 Å². The van der Waals surface area contributed by atoms with E-state index in [0.29, 0.717) is 43.5 Å². The van der Waals surface area contributed by atoms with Crippen LogP contribution in [-0.2, 0) is 18.9 Å². The summed E-state index contributed by atoms with van der Waals surface area (Å²) >= 11 is 7.55. The zero-order valence-electron chi connectivity index (χ0n) is 11.8. The highest BCUT2D eigenvalue weighted by molar-refractivity contribution is 9.10. The lowest BCUT2D eigenvalue weighted by atomic mass is 10.2. The van der Waals surface area contributed by atoms with Crippen LogP contribution in [0.3, 0.4) is 0 Å². The Morgan fingerprint density at radius 3 is 2.33 bits per heavy atom. The molecule has 1 aromatic carbocycles. The van der Waals surface area contributed by atoms with Crippen molar-refractivity contribution in [3.8, 4) is 0 Å². The van der Waals surface area contributed by atoms with Crippen LogP contribution in [0.4, 0.5) is 0 Å². The molecule has 0 unspecified atom stereocenters. The lowest BCUT2D eigenvalue weighted by Crippen LogP contribution is -2.14. The van der Waals surface area contributed by atoms with Gasteiger partial charge >= 0.3 is 5.97 Å². The number of hydrogen-bond donors (Lipinski definition) is 1. The predicted octanol–water partition coefficient (Wildman–Crippen LogP) is 2.57. The van der Waals surface area contributed by atoms with Crippen molar-refractivity contribution in [1.82, 2.24) is 0 Å². The number of halogens is 1. The summed E-state index contributed by atoms with van der Waals surface area (Å²) in [5.41, 5.74) is 0.435. The van der Waals surface area contributed by atoms with Gasteiger partial charge in [0, 0.05) is 16.5 Å². The van der Waals surface area contributed by atoms with E-state index in [1.165, 1.54) is 0 Å². The van der Waals surface area contributed by atoms with Gasteiger partial charge in [-0.25, -0.2) is 4.79 Å². The highest BCUT2D eigenvalue weighted by Crippen LogP contribution is 2.20. The largest absolute Gasteiger partial charge is 0.460 e. The second-order valence-electron chi connectivity index (χ2n) is 4.01. The van der Waals surface area contributed by atoms with Crippen LogP contribution in [-0.4, -0.2) is 52.7 Å². The topological polar surface area (TPSA) is 54.0 Å². The molecule has 5 nitrogen and oxygen atoms in total. The number of benzene rings is 1. The van der Waals surface area contributed by atoms with Gasteiger partial charge in [-0.3, -0.25) is 0 Å². The second-order valence-corrected chi connectivity index (χ2v) is 5.41. The van der Waals surface area contributed by atoms with Crippen LogP contribution in [0.25, 0.3) is 0 Å². The Morgan fingerprint density at radius 2 is 1.71 bits per heavy atom. The molecular weight excluding hydrogens is 360 g/mol. The Labute approximate surface area is 138 Å². The van der Waals surface area contributed by atoms with Crippen LogP contribution in [0, 0.1) is 0 Å². The molecule has 0 N–H and O–H groups in total. The van der Waals surface area contributed by atoms with E-state index in [-0.39, 0.29) is 6.61 Å². The van der Waals surface area contributed by atoms with E-state index >= 15 is 0 Å². The summed E-state index contributed by atoms with van der Waals surface area (Å²) in [4.78, 5) is 12.4. The van der Waals surface area contributed by atoms with E-state index in [0.717, 1.165) is 4.47 Å². The van der Waals surface area contributed by atoms with Gasteiger partial charge in [0.25, 0.3) is 0 Å². The summed E-state index contributed by atoms with van der Waals surface area (Å²) in [6.45, 7) is 2.58. The number of rotatable bonds is 10.